The summed E-state index contributed by atoms with van der Waals surface area (Å²) in [6.07, 6.45) is 10.6. The lowest BCUT2D eigenvalue weighted by Crippen LogP contribution is -2.59. The smallest absolute Gasteiger partial charge is 0.234 e. The number of carbonyl (C=O) groups excluding carboxylic acids is 5. The van der Waals surface area contributed by atoms with Crippen molar-refractivity contribution in [1.29, 1.82) is 0 Å². The van der Waals surface area contributed by atoms with Gasteiger partial charge in [-0.3, -0.25) is 29.3 Å². The zero-order valence-electron chi connectivity index (χ0n) is 46.7. The van der Waals surface area contributed by atoms with Gasteiger partial charge in [0.25, 0.3) is 0 Å². The van der Waals surface area contributed by atoms with E-state index in [2.05, 4.69) is 44.3 Å². The fraction of sp³-hybridized carbons (Fsp3) is 0.629. The van der Waals surface area contributed by atoms with Gasteiger partial charge in [-0.15, -0.1) is 0 Å². The van der Waals surface area contributed by atoms with Crippen molar-refractivity contribution in [3.8, 4) is 0 Å². The molecule has 6 heterocycles. The first-order chi connectivity index (χ1) is 37.2. The van der Waals surface area contributed by atoms with Crippen molar-refractivity contribution in [2.45, 2.75) is 147 Å². The molecule has 3 aromatic rings. The number of imide groups is 1. The van der Waals surface area contributed by atoms with Gasteiger partial charge in [0, 0.05) is 92.3 Å². The molecule has 6 fully saturated rings. The molecule has 78 heavy (non-hydrogen) atoms. The lowest BCUT2D eigenvalue weighted by atomic mass is 9.66. The minimum absolute atomic E-state index is 0.0337. The summed E-state index contributed by atoms with van der Waals surface area (Å²) in [5.74, 6) is 0.443. The molecular formula is C62H84Cl2N6O7S. The number of rotatable bonds is 16. The van der Waals surface area contributed by atoms with E-state index >= 15 is 4.79 Å². The number of carbonyl (C=O) groups is 5. The van der Waals surface area contributed by atoms with Gasteiger partial charge in [0.15, 0.2) is 9.84 Å². The highest BCUT2D eigenvalue weighted by molar-refractivity contribution is 7.92. The van der Waals surface area contributed by atoms with E-state index in [0.29, 0.717) is 67.1 Å². The molecule has 1 unspecified atom stereocenters. The zero-order chi connectivity index (χ0) is 55.5. The van der Waals surface area contributed by atoms with Gasteiger partial charge in [-0.1, -0.05) is 80.4 Å². The Labute approximate surface area is 474 Å². The van der Waals surface area contributed by atoms with Crippen LogP contribution in [0.25, 0.3) is 0 Å². The van der Waals surface area contributed by atoms with E-state index in [1.807, 2.05) is 62.1 Å². The molecule has 0 spiro atoms. The van der Waals surface area contributed by atoms with Crippen molar-refractivity contribution in [1.82, 2.24) is 24.9 Å². The molecular weight excluding hydrogens is 1040 g/mol. The van der Waals surface area contributed by atoms with Crippen LogP contribution in [0.4, 0.5) is 5.69 Å². The SMILES string of the molecule is CC(C)[C@@H](CS(=O)(=O)C(C)C)N1C(=O)[C@@](C)(CC(=O)N2CCC(C(=O)N3CCC(CC4CCN(CC5CCN(c6ccc(C7CCC(=O)NC7=O)cc6)CC5)CC4)CC3)CC2)C[C@H](c2cccc(Cl)c2)[C@H]1c1ccc(Cl)cc1. The quantitative estimate of drug-likeness (QED) is 0.138. The molecule has 6 aliphatic heterocycles. The highest BCUT2D eigenvalue weighted by atomic mass is 35.5. The second-order valence-electron chi connectivity index (χ2n) is 24.9. The number of benzene rings is 3. The Morgan fingerprint density at radius 2 is 1.29 bits per heavy atom. The van der Waals surface area contributed by atoms with Gasteiger partial charge in [-0.2, -0.15) is 0 Å². The van der Waals surface area contributed by atoms with E-state index in [1.165, 1.54) is 44.3 Å². The predicted molar refractivity (Wildman–Crippen MR) is 309 cm³/mol. The van der Waals surface area contributed by atoms with Gasteiger partial charge in [0.05, 0.1) is 28.4 Å². The third-order valence-corrected chi connectivity index (χ3v) is 21.6. The number of piperidine rings is 6. The van der Waals surface area contributed by atoms with E-state index in [0.717, 1.165) is 74.7 Å². The second kappa shape index (κ2) is 25.1. The number of sulfone groups is 1. The third kappa shape index (κ3) is 13.6. The molecule has 1 N–H and O–H groups in total. The Bertz CT molecular complexity index is 2710. The van der Waals surface area contributed by atoms with Crippen LogP contribution >= 0.6 is 23.2 Å². The average molecular weight is 1130 g/mol. The van der Waals surface area contributed by atoms with Gasteiger partial charge < -0.3 is 24.5 Å². The van der Waals surface area contributed by atoms with E-state index in [4.69, 9.17) is 23.2 Å². The molecule has 3 aromatic carbocycles. The largest absolute Gasteiger partial charge is 0.372 e. The minimum atomic E-state index is -3.59. The minimum Gasteiger partial charge on any atom is -0.372 e. The molecule has 16 heteroatoms. The molecule has 9 rings (SSSR count). The number of hydrogen-bond acceptors (Lipinski definition) is 9. The number of hydrogen-bond donors (Lipinski definition) is 1. The van der Waals surface area contributed by atoms with Crippen molar-refractivity contribution in [3.05, 3.63) is 99.5 Å². The van der Waals surface area contributed by atoms with Crippen LogP contribution in [0.1, 0.15) is 153 Å². The van der Waals surface area contributed by atoms with Crippen LogP contribution in [-0.4, -0.2) is 134 Å². The van der Waals surface area contributed by atoms with Gasteiger partial charge in [-0.25, -0.2) is 8.42 Å². The van der Waals surface area contributed by atoms with Gasteiger partial charge in [0.2, 0.25) is 29.5 Å². The first-order valence-electron chi connectivity index (χ1n) is 29.3. The first-order valence-corrected chi connectivity index (χ1v) is 31.7. The van der Waals surface area contributed by atoms with Crippen LogP contribution in [0.5, 0.6) is 0 Å². The van der Waals surface area contributed by atoms with Crippen LogP contribution < -0.4 is 10.2 Å². The molecule has 424 valence electrons. The van der Waals surface area contributed by atoms with Crippen molar-refractivity contribution in [3.63, 3.8) is 0 Å². The van der Waals surface area contributed by atoms with Crippen LogP contribution in [0, 0.1) is 35.0 Å². The highest BCUT2D eigenvalue weighted by Crippen LogP contribution is 2.53. The Morgan fingerprint density at radius 1 is 0.692 bits per heavy atom. The molecule has 5 amide bonds. The summed E-state index contributed by atoms with van der Waals surface area (Å²) >= 11 is 13.0. The summed E-state index contributed by atoms with van der Waals surface area (Å²) < 4.78 is 27.5. The normalized spacial score (nSPS) is 25.5. The Morgan fingerprint density at radius 3 is 1.90 bits per heavy atom. The Kier molecular flexibility index (Phi) is 18.7. The molecule has 5 atom stereocenters. The summed E-state index contributed by atoms with van der Waals surface area (Å²) in [6.45, 7) is 17.2. The van der Waals surface area contributed by atoms with E-state index in [9.17, 15) is 27.6 Å². The van der Waals surface area contributed by atoms with Crippen molar-refractivity contribution >= 4 is 68.3 Å². The lowest BCUT2D eigenvalue weighted by molar-refractivity contribution is -0.160. The Balaban J connectivity index is 0.736. The summed E-state index contributed by atoms with van der Waals surface area (Å²) in [4.78, 5) is 78.9. The average Bonchev–Trinajstić information content (AvgIpc) is 3.49. The molecule has 0 bridgehead atoms. The summed E-state index contributed by atoms with van der Waals surface area (Å²) in [6, 6.07) is 22.2. The van der Waals surface area contributed by atoms with E-state index < -0.39 is 32.6 Å². The molecule has 0 aromatic heterocycles. The van der Waals surface area contributed by atoms with Crippen molar-refractivity contribution < 1.29 is 32.4 Å². The fourth-order valence-electron chi connectivity index (χ4n) is 13.9. The van der Waals surface area contributed by atoms with Crippen molar-refractivity contribution in [2.75, 3.05) is 69.6 Å². The summed E-state index contributed by atoms with van der Waals surface area (Å²) in [5, 5.41) is 2.95. The molecule has 6 saturated heterocycles. The third-order valence-electron chi connectivity index (χ3n) is 18.9. The second-order valence-corrected chi connectivity index (χ2v) is 28.4. The van der Waals surface area contributed by atoms with Gasteiger partial charge in [0.1, 0.15) is 0 Å². The fourth-order valence-corrected chi connectivity index (χ4v) is 15.7. The molecule has 0 saturated carbocycles. The van der Waals surface area contributed by atoms with Crippen LogP contribution in [0.2, 0.25) is 10.0 Å². The van der Waals surface area contributed by atoms with E-state index in [-0.39, 0.29) is 65.4 Å². The molecule has 0 radical (unpaired) electrons. The predicted octanol–water partition coefficient (Wildman–Crippen LogP) is 10.3. The summed E-state index contributed by atoms with van der Waals surface area (Å²) in [7, 11) is -3.59. The maximum Gasteiger partial charge on any atom is 0.234 e. The van der Waals surface area contributed by atoms with Crippen LogP contribution in [0.3, 0.4) is 0 Å². The van der Waals surface area contributed by atoms with Crippen LogP contribution in [0.15, 0.2) is 72.8 Å². The van der Waals surface area contributed by atoms with E-state index in [1.54, 1.807) is 30.9 Å². The lowest BCUT2D eigenvalue weighted by Gasteiger charge is -2.53. The Hall–Kier alpha value is -4.50. The number of anilines is 1. The topological polar surface area (TPSA) is 148 Å². The van der Waals surface area contributed by atoms with Crippen LogP contribution in [-0.2, 0) is 33.8 Å². The maximum absolute atomic E-state index is 15.4. The number of likely N-dealkylation sites (tertiary alicyclic amines) is 4. The highest BCUT2D eigenvalue weighted by Gasteiger charge is 2.54. The number of nitrogens with zero attached hydrogens (tertiary/aromatic N) is 5. The van der Waals surface area contributed by atoms with Gasteiger partial charge >= 0.3 is 0 Å². The number of amides is 5. The zero-order valence-corrected chi connectivity index (χ0v) is 49.1. The number of nitrogens with one attached hydrogen (secondary N) is 1. The van der Waals surface area contributed by atoms with Crippen molar-refractivity contribution in [2.24, 2.45) is 35.0 Å². The molecule has 0 aliphatic carbocycles. The molecule has 6 aliphatic rings. The van der Waals surface area contributed by atoms with Gasteiger partial charge in [-0.05, 0) is 174 Å². The maximum atomic E-state index is 15.4. The number of halogens is 2. The molecule has 13 nitrogen and oxygen atoms in total. The standard InChI is InChI=1S/C62H84Cl2N6O7S/c1-41(2)55(40-78(76,77)42(3)4)70-58(47-9-13-50(63)14-10-47)54(49-7-6-8-51(64)36-49)37-62(5,61(70)75)38-57(72)68-33-25-48(26-34-68)60(74)69-31-21-44(22-32-69)35-43-19-27-66(28-20-43)39-45-23-29-67(30-24-45)52-15-11-46(12-16-52)53-17-18-56(71)65-59(53)73/h6-16,36,41-45,48,53-55,58H,17-35,37-40H2,1-5H3,(H,65,71,73)/t53?,54-,55-,58-,62-/m1/s1. The monoisotopic (exact) mass is 1130 g/mol. The summed E-state index contributed by atoms with van der Waals surface area (Å²) in [5.41, 5.74) is 2.77. The first kappa shape index (κ1) is 58.2.